The van der Waals surface area contributed by atoms with Crippen LogP contribution in [0.3, 0.4) is 0 Å². The number of anilines is 2. The molecule has 2 aromatic heterocycles. The van der Waals surface area contributed by atoms with Crippen molar-refractivity contribution in [2.45, 2.75) is 39.2 Å². The molecule has 0 saturated heterocycles. The molecule has 0 spiro atoms. The Labute approximate surface area is 120 Å². The topological polar surface area (TPSA) is 73.7 Å². The predicted molar refractivity (Wildman–Crippen MR) is 81.7 cm³/mol. The molecule has 0 aliphatic carbocycles. The van der Waals surface area contributed by atoms with E-state index in [1.807, 2.05) is 30.5 Å². The van der Waals surface area contributed by atoms with E-state index in [9.17, 15) is 0 Å². The molecule has 0 fully saturated rings. The number of aromatic nitrogens is 4. The minimum absolute atomic E-state index is 0.345. The lowest BCUT2D eigenvalue weighted by Gasteiger charge is -2.08. The maximum absolute atomic E-state index is 6.14. The Morgan fingerprint density at radius 2 is 2.15 bits per heavy atom. The number of unbranched alkanes of at least 4 members (excludes halogenated alkanes) is 1. The van der Waals surface area contributed by atoms with Gasteiger partial charge in [-0.1, -0.05) is 13.8 Å². The van der Waals surface area contributed by atoms with E-state index in [-0.39, 0.29) is 0 Å². The fourth-order valence-corrected chi connectivity index (χ4v) is 2.24. The molecule has 6 nitrogen and oxygen atoms in total. The summed E-state index contributed by atoms with van der Waals surface area (Å²) in [6, 6.07) is 0. The van der Waals surface area contributed by atoms with Crippen molar-refractivity contribution in [3.8, 4) is 0 Å². The molecule has 3 N–H and O–H groups in total. The number of imidazole rings is 1. The lowest BCUT2D eigenvalue weighted by molar-refractivity contribution is 0.619. The highest BCUT2D eigenvalue weighted by atomic mass is 15.3. The molecule has 0 aliphatic rings. The van der Waals surface area contributed by atoms with Crippen molar-refractivity contribution in [3.05, 3.63) is 24.4 Å². The van der Waals surface area contributed by atoms with Gasteiger partial charge in [-0.3, -0.25) is 4.68 Å². The Morgan fingerprint density at radius 1 is 1.35 bits per heavy atom. The third-order valence-electron chi connectivity index (χ3n) is 3.35. The largest absolute Gasteiger partial charge is 0.394 e. The summed E-state index contributed by atoms with van der Waals surface area (Å²) in [7, 11) is 1.93. The van der Waals surface area contributed by atoms with Gasteiger partial charge in [0.2, 0.25) is 0 Å². The van der Waals surface area contributed by atoms with Crippen LogP contribution in [0, 0.1) is 0 Å². The van der Waals surface area contributed by atoms with E-state index in [1.54, 1.807) is 0 Å². The van der Waals surface area contributed by atoms with Crippen LogP contribution in [0.1, 0.15) is 38.3 Å². The number of nitrogens with one attached hydrogen (secondary N) is 1. The SMILES string of the molecule is CC(C)c1nn(C)c(NCCCCn2ccnc2)c1N. The van der Waals surface area contributed by atoms with E-state index >= 15 is 0 Å². The Kier molecular flexibility index (Phi) is 4.65. The molecular formula is C14H24N6. The van der Waals surface area contributed by atoms with Crippen molar-refractivity contribution in [1.82, 2.24) is 19.3 Å². The fraction of sp³-hybridized carbons (Fsp3) is 0.571. The monoisotopic (exact) mass is 276 g/mol. The molecule has 110 valence electrons. The van der Waals surface area contributed by atoms with Crippen molar-refractivity contribution >= 4 is 11.5 Å². The first-order valence-corrected chi connectivity index (χ1v) is 7.11. The second-order valence-electron chi connectivity index (χ2n) is 5.36. The highest BCUT2D eigenvalue weighted by molar-refractivity contribution is 5.65. The van der Waals surface area contributed by atoms with Crippen LogP contribution in [0.4, 0.5) is 11.5 Å². The standard InChI is InChI=1S/C14H24N6/c1-11(2)13-12(15)14(19(3)18-13)17-6-4-5-8-20-9-7-16-10-20/h7,9-11,17H,4-6,8,15H2,1-3H3. The summed E-state index contributed by atoms with van der Waals surface area (Å²) in [5.74, 6) is 1.27. The highest BCUT2D eigenvalue weighted by Crippen LogP contribution is 2.27. The zero-order valence-electron chi connectivity index (χ0n) is 12.5. The lowest BCUT2D eigenvalue weighted by atomic mass is 10.1. The molecule has 0 saturated carbocycles. The first-order valence-electron chi connectivity index (χ1n) is 7.11. The quantitative estimate of drug-likeness (QED) is 0.760. The van der Waals surface area contributed by atoms with Crippen LogP contribution in [0.2, 0.25) is 0 Å². The average molecular weight is 276 g/mol. The van der Waals surface area contributed by atoms with Crippen molar-refractivity contribution in [3.63, 3.8) is 0 Å². The van der Waals surface area contributed by atoms with E-state index in [0.29, 0.717) is 5.92 Å². The average Bonchev–Trinajstić information content (AvgIpc) is 3.00. The minimum Gasteiger partial charge on any atom is -0.394 e. The summed E-state index contributed by atoms with van der Waals surface area (Å²) >= 11 is 0. The van der Waals surface area contributed by atoms with Crippen LogP contribution < -0.4 is 11.1 Å². The number of hydrogen-bond acceptors (Lipinski definition) is 4. The van der Waals surface area contributed by atoms with Gasteiger partial charge in [0, 0.05) is 32.5 Å². The van der Waals surface area contributed by atoms with E-state index in [2.05, 4.69) is 33.8 Å². The van der Waals surface area contributed by atoms with Crippen molar-refractivity contribution < 1.29 is 0 Å². The number of aryl methyl sites for hydroxylation is 2. The Morgan fingerprint density at radius 3 is 2.75 bits per heavy atom. The smallest absolute Gasteiger partial charge is 0.147 e. The zero-order valence-corrected chi connectivity index (χ0v) is 12.5. The van der Waals surface area contributed by atoms with Crippen LogP contribution >= 0.6 is 0 Å². The van der Waals surface area contributed by atoms with E-state index in [4.69, 9.17) is 5.73 Å². The van der Waals surface area contributed by atoms with E-state index in [1.165, 1.54) is 0 Å². The number of rotatable bonds is 7. The van der Waals surface area contributed by atoms with Gasteiger partial charge in [0.1, 0.15) is 5.82 Å². The molecule has 2 aromatic rings. The fourth-order valence-electron chi connectivity index (χ4n) is 2.24. The molecule has 2 heterocycles. The van der Waals surface area contributed by atoms with Gasteiger partial charge < -0.3 is 15.6 Å². The van der Waals surface area contributed by atoms with Gasteiger partial charge in [0.05, 0.1) is 17.7 Å². The second kappa shape index (κ2) is 6.45. The van der Waals surface area contributed by atoms with Crippen molar-refractivity contribution in [2.24, 2.45) is 7.05 Å². The first-order chi connectivity index (χ1) is 9.59. The Bertz CT molecular complexity index is 526. The summed E-state index contributed by atoms with van der Waals surface area (Å²) in [6.45, 7) is 6.11. The number of nitrogens with zero attached hydrogens (tertiary/aromatic N) is 4. The number of hydrogen-bond donors (Lipinski definition) is 2. The van der Waals surface area contributed by atoms with Gasteiger partial charge in [0.15, 0.2) is 0 Å². The summed E-state index contributed by atoms with van der Waals surface area (Å²) in [4.78, 5) is 4.03. The van der Waals surface area contributed by atoms with E-state index in [0.717, 1.165) is 43.1 Å². The molecule has 0 amide bonds. The van der Waals surface area contributed by atoms with Gasteiger partial charge in [-0.25, -0.2) is 4.98 Å². The zero-order chi connectivity index (χ0) is 14.5. The molecule has 6 heteroatoms. The Hall–Kier alpha value is -1.98. The molecule has 0 radical (unpaired) electrons. The van der Waals surface area contributed by atoms with Crippen LogP contribution in [0.5, 0.6) is 0 Å². The molecule has 0 unspecified atom stereocenters. The minimum atomic E-state index is 0.345. The molecule has 0 atom stereocenters. The summed E-state index contributed by atoms with van der Waals surface area (Å²) < 4.78 is 3.93. The summed E-state index contributed by atoms with van der Waals surface area (Å²) in [5.41, 5.74) is 7.88. The third kappa shape index (κ3) is 3.31. The summed E-state index contributed by atoms with van der Waals surface area (Å²) in [6.07, 6.45) is 7.84. The maximum atomic E-state index is 6.14. The first kappa shape index (κ1) is 14.4. The molecular weight excluding hydrogens is 252 g/mol. The Balaban J connectivity index is 1.79. The number of nitrogens with two attached hydrogens (primary N) is 1. The lowest BCUT2D eigenvalue weighted by Crippen LogP contribution is -2.08. The maximum Gasteiger partial charge on any atom is 0.147 e. The van der Waals surface area contributed by atoms with Crippen molar-refractivity contribution in [1.29, 1.82) is 0 Å². The number of nitrogen functional groups attached to an aromatic ring is 1. The van der Waals surface area contributed by atoms with Crippen LogP contribution in [-0.2, 0) is 13.6 Å². The molecule has 0 aromatic carbocycles. The normalized spacial score (nSPS) is 11.2. The molecule has 2 rings (SSSR count). The third-order valence-corrected chi connectivity index (χ3v) is 3.35. The molecule has 0 bridgehead atoms. The second-order valence-corrected chi connectivity index (χ2v) is 5.36. The highest BCUT2D eigenvalue weighted by Gasteiger charge is 2.15. The van der Waals surface area contributed by atoms with Gasteiger partial charge in [-0.2, -0.15) is 5.10 Å². The molecule has 20 heavy (non-hydrogen) atoms. The predicted octanol–water partition coefficient (Wildman–Crippen LogP) is 2.21. The van der Waals surface area contributed by atoms with Crippen LogP contribution in [-0.4, -0.2) is 25.9 Å². The molecule has 0 aliphatic heterocycles. The van der Waals surface area contributed by atoms with Crippen LogP contribution in [0.15, 0.2) is 18.7 Å². The van der Waals surface area contributed by atoms with E-state index < -0.39 is 0 Å². The van der Waals surface area contributed by atoms with Crippen molar-refractivity contribution in [2.75, 3.05) is 17.6 Å². The van der Waals surface area contributed by atoms with Gasteiger partial charge in [0.25, 0.3) is 0 Å². The van der Waals surface area contributed by atoms with Gasteiger partial charge in [-0.05, 0) is 18.8 Å². The van der Waals surface area contributed by atoms with Gasteiger partial charge in [-0.15, -0.1) is 0 Å². The summed E-state index contributed by atoms with van der Waals surface area (Å²) in [5, 5.41) is 7.85. The van der Waals surface area contributed by atoms with Crippen LogP contribution in [0.25, 0.3) is 0 Å². The van der Waals surface area contributed by atoms with Gasteiger partial charge >= 0.3 is 0 Å².